The summed E-state index contributed by atoms with van der Waals surface area (Å²) < 4.78 is 5.06. The van der Waals surface area contributed by atoms with Gasteiger partial charge in [0.05, 0.1) is 6.61 Å². The monoisotopic (exact) mass is 282 g/mol. The van der Waals surface area contributed by atoms with E-state index < -0.39 is 0 Å². The number of nitrogens with one attached hydrogen (secondary N) is 1. The molecule has 1 aliphatic heterocycles. The second-order valence-electron chi connectivity index (χ2n) is 6.31. The lowest BCUT2D eigenvalue weighted by Crippen LogP contribution is -2.49. The summed E-state index contributed by atoms with van der Waals surface area (Å²) in [5.74, 6) is 0.854. The Morgan fingerprint density at radius 3 is 2.45 bits per heavy atom. The van der Waals surface area contributed by atoms with Gasteiger partial charge in [0, 0.05) is 25.2 Å². The molecule has 1 atom stereocenters. The predicted molar refractivity (Wildman–Crippen MR) is 80.8 cm³/mol. The fourth-order valence-electron chi connectivity index (χ4n) is 3.59. The van der Waals surface area contributed by atoms with Crippen molar-refractivity contribution in [2.24, 2.45) is 5.92 Å². The quantitative estimate of drug-likeness (QED) is 0.861. The van der Waals surface area contributed by atoms with E-state index in [0.717, 1.165) is 31.8 Å². The lowest BCUT2D eigenvalue weighted by molar-refractivity contribution is 0.0931. The van der Waals surface area contributed by atoms with Gasteiger partial charge in [-0.3, -0.25) is 0 Å². The standard InChI is InChI=1S/C16H30N2O2/c1-3-20-16(19)18-11-9-15(10-12-18)17-13(2)14-7-5-4-6-8-14/h13-15,17H,3-12H2,1-2H3/t13-/m1/s1. The molecule has 1 heterocycles. The van der Waals surface area contributed by atoms with Gasteiger partial charge >= 0.3 is 6.09 Å². The second-order valence-corrected chi connectivity index (χ2v) is 6.31. The molecular formula is C16H30N2O2. The molecule has 1 amide bonds. The number of rotatable bonds is 4. The molecular weight excluding hydrogens is 252 g/mol. The number of piperidine rings is 1. The Hall–Kier alpha value is -0.770. The summed E-state index contributed by atoms with van der Waals surface area (Å²) in [6.45, 7) is 6.32. The van der Waals surface area contributed by atoms with Crippen molar-refractivity contribution in [2.45, 2.75) is 70.9 Å². The van der Waals surface area contributed by atoms with Crippen LogP contribution in [0, 0.1) is 5.92 Å². The smallest absolute Gasteiger partial charge is 0.409 e. The third-order valence-electron chi connectivity index (χ3n) is 4.88. The molecule has 0 radical (unpaired) electrons. The Morgan fingerprint density at radius 1 is 1.20 bits per heavy atom. The van der Waals surface area contributed by atoms with Crippen LogP contribution in [0.4, 0.5) is 4.79 Å². The molecule has 1 aliphatic carbocycles. The van der Waals surface area contributed by atoms with Crippen molar-refractivity contribution in [1.29, 1.82) is 0 Å². The van der Waals surface area contributed by atoms with Crippen molar-refractivity contribution in [1.82, 2.24) is 10.2 Å². The van der Waals surface area contributed by atoms with E-state index >= 15 is 0 Å². The zero-order chi connectivity index (χ0) is 14.4. The predicted octanol–water partition coefficient (Wildman–Crippen LogP) is 3.17. The van der Waals surface area contributed by atoms with Crippen LogP contribution in [0.2, 0.25) is 0 Å². The number of nitrogens with zero attached hydrogens (tertiary/aromatic N) is 1. The first-order valence-electron chi connectivity index (χ1n) is 8.38. The van der Waals surface area contributed by atoms with Crippen molar-refractivity contribution in [3.63, 3.8) is 0 Å². The summed E-state index contributed by atoms with van der Waals surface area (Å²) in [5.41, 5.74) is 0. The maximum absolute atomic E-state index is 11.7. The number of ether oxygens (including phenoxy) is 1. The highest BCUT2D eigenvalue weighted by Crippen LogP contribution is 2.27. The van der Waals surface area contributed by atoms with Gasteiger partial charge in [-0.2, -0.15) is 0 Å². The lowest BCUT2D eigenvalue weighted by Gasteiger charge is -2.36. The van der Waals surface area contributed by atoms with Crippen LogP contribution in [-0.2, 0) is 4.74 Å². The maximum atomic E-state index is 11.7. The van der Waals surface area contributed by atoms with Crippen molar-refractivity contribution in [3.05, 3.63) is 0 Å². The summed E-state index contributed by atoms with van der Waals surface area (Å²) in [5, 5.41) is 3.80. The molecule has 20 heavy (non-hydrogen) atoms. The van der Waals surface area contributed by atoms with E-state index in [-0.39, 0.29) is 6.09 Å². The van der Waals surface area contributed by atoms with Crippen LogP contribution in [-0.4, -0.2) is 42.8 Å². The summed E-state index contributed by atoms with van der Waals surface area (Å²) in [7, 11) is 0. The van der Waals surface area contributed by atoms with Gasteiger partial charge in [0.25, 0.3) is 0 Å². The van der Waals surface area contributed by atoms with Crippen LogP contribution < -0.4 is 5.32 Å². The normalized spacial score (nSPS) is 23.6. The molecule has 0 aromatic rings. The van der Waals surface area contributed by atoms with Crippen molar-refractivity contribution in [2.75, 3.05) is 19.7 Å². The molecule has 1 N–H and O–H groups in total. The van der Waals surface area contributed by atoms with E-state index in [1.165, 1.54) is 32.1 Å². The summed E-state index contributed by atoms with van der Waals surface area (Å²) >= 11 is 0. The Labute approximate surface area is 123 Å². The number of carbonyl (C=O) groups is 1. The Kier molecular flexibility index (Phi) is 6.14. The molecule has 1 saturated heterocycles. The number of hydrogen-bond donors (Lipinski definition) is 1. The second kappa shape index (κ2) is 7.87. The van der Waals surface area contributed by atoms with Crippen LogP contribution in [0.25, 0.3) is 0 Å². The minimum atomic E-state index is -0.147. The molecule has 0 unspecified atom stereocenters. The Bertz CT molecular complexity index is 295. The highest BCUT2D eigenvalue weighted by atomic mass is 16.6. The van der Waals surface area contributed by atoms with E-state index in [4.69, 9.17) is 4.74 Å². The number of amides is 1. The van der Waals surface area contributed by atoms with Gasteiger partial charge in [-0.15, -0.1) is 0 Å². The first-order valence-corrected chi connectivity index (χ1v) is 8.38. The van der Waals surface area contributed by atoms with Crippen LogP contribution in [0.3, 0.4) is 0 Å². The average Bonchev–Trinajstić information content (AvgIpc) is 2.49. The Balaban J connectivity index is 1.69. The van der Waals surface area contributed by atoms with Gasteiger partial charge in [0.1, 0.15) is 0 Å². The molecule has 0 spiro atoms. The SMILES string of the molecule is CCOC(=O)N1CCC(N[C@H](C)C2CCCCC2)CC1. The van der Waals surface area contributed by atoms with Crippen molar-refractivity contribution in [3.8, 4) is 0 Å². The van der Waals surface area contributed by atoms with E-state index in [9.17, 15) is 4.79 Å². The van der Waals surface area contributed by atoms with Crippen LogP contribution in [0.15, 0.2) is 0 Å². The van der Waals surface area contributed by atoms with Crippen LogP contribution in [0.5, 0.6) is 0 Å². The fraction of sp³-hybridized carbons (Fsp3) is 0.938. The minimum Gasteiger partial charge on any atom is -0.450 e. The van der Waals surface area contributed by atoms with Gasteiger partial charge in [0.2, 0.25) is 0 Å². The Morgan fingerprint density at radius 2 is 1.85 bits per heavy atom. The first-order chi connectivity index (χ1) is 9.70. The zero-order valence-electron chi connectivity index (χ0n) is 13.1. The number of hydrogen-bond acceptors (Lipinski definition) is 3. The number of likely N-dealkylation sites (tertiary alicyclic amines) is 1. The molecule has 0 bridgehead atoms. The molecule has 2 rings (SSSR count). The van der Waals surface area contributed by atoms with Crippen molar-refractivity contribution >= 4 is 6.09 Å². The first kappa shape index (κ1) is 15.6. The van der Waals surface area contributed by atoms with Gasteiger partial charge in [-0.25, -0.2) is 4.79 Å². The van der Waals surface area contributed by atoms with Crippen molar-refractivity contribution < 1.29 is 9.53 Å². The molecule has 0 aromatic heterocycles. The molecule has 2 aliphatic rings. The zero-order valence-corrected chi connectivity index (χ0v) is 13.1. The van der Waals surface area contributed by atoms with Gasteiger partial charge in [-0.05, 0) is 45.4 Å². The average molecular weight is 282 g/mol. The number of carbonyl (C=O) groups excluding carboxylic acids is 1. The third kappa shape index (κ3) is 4.37. The molecule has 116 valence electrons. The van der Waals surface area contributed by atoms with Crippen LogP contribution in [0.1, 0.15) is 58.8 Å². The fourth-order valence-corrected chi connectivity index (χ4v) is 3.59. The largest absolute Gasteiger partial charge is 0.450 e. The lowest BCUT2D eigenvalue weighted by atomic mass is 9.84. The van der Waals surface area contributed by atoms with Crippen LogP contribution >= 0.6 is 0 Å². The highest BCUT2D eigenvalue weighted by molar-refractivity contribution is 5.67. The maximum Gasteiger partial charge on any atom is 0.409 e. The molecule has 4 heteroatoms. The molecule has 4 nitrogen and oxygen atoms in total. The molecule has 1 saturated carbocycles. The third-order valence-corrected chi connectivity index (χ3v) is 4.88. The molecule has 2 fully saturated rings. The summed E-state index contributed by atoms with van der Waals surface area (Å²) in [6, 6.07) is 1.19. The van der Waals surface area contributed by atoms with Gasteiger partial charge in [0.15, 0.2) is 0 Å². The van der Waals surface area contributed by atoms with E-state index in [1.807, 2.05) is 11.8 Å². The highest BCUT2D eigenvalue weighted by Gasteiger charge is 2.26. The van der Waals surface area contributed by atoms with E-state index in [0.29, 0.717) is 18.7 Å². The van der Waals surface area contributed by atoms with E-state index in [1.54, 1.807) is 0 Å². The summed E-state index contributed by atoms with van der Waals surface area (Å²) in [6.07, 6.45) is 8.94. The summed E-state index contributed by atoms with van der Waals surface area (Å²) in [4.78, 5) is 13.5. The van der Waals surface area contributed by atoms with E-state index in [2.05, 4.69) is 12.2 Å². The minimum absolute atomic E-state index is 0.147. The van der Waals surface area contributed by atoms with Gasteiger partial charge in [-0.1, -0.05) is 19.3 Å². The van der Waals surface area contributed by atoms with Gasteiger partial charge < -0.3 is 15.0 Å². The molecule has 0 aromatic carbocycles. The topological polar surface area (TPSA) is 41.6 Å².